The van der Waals surface area contributed by atoms with Gasteiger partial charge in [-0.3, -0.25) is 0 Å². The standard InChI is InChI=1S/C14H19NO3.ClH/c1-17-14(16)12-4-2-3-11(9-12)13(15)10-5-7-18-8-6-10;/h2-4,9-10,13H,5-8,15H2,1H3;1H/t13-;/m1./s1. The van der Waals surface area contributed by atoms with E-state index < -0.39 is 0 Å². The van der Waals surface area contributed by atoms with Gasteiger partial charge in [0, 0.05) is 19.3 Å². The predicted molar refractivity (Wildman–Crippen MR) is 75.5 cm³/mol. The fourth-order valence-electron chi connectivity index (χ4n) is 2.34. The summed E-state index contributed by atoms with van der Waals surface area (Å²) in [6, 6.07) is 7.34. The molecule has 5 heteroatoms. The molecule has 1 heterocycles. The molecule has 0 saturated carbocycles. The molecule has 0 amide bonds. The molecular weight excluding hydrogens is 266 g/mol. The van der Waals surface area contributed by atoms with E-state index in [1.54, 1.807) is 6.07 Å². The first-order valence-corrected chi connectivity index (χ1v) is 6.24. The molecule has 2 rings (SSSR count). The van der Waals surface area contributed by atoms with Crippen LogP contribution in [0.15, 0.2) is 24.3 Å². The molecule has 0 spiro atoms. The van der Waals surface area contributed by atoms with Gasteiger partial charge in [0.2, 0.25) is 0 Å². The van der Waals surface area contributed by atoms with Crippen molar-refractivity contribution in [2.75, 3.05) is 20.3 Å². The molecule has 1 aliphatic rings. The van der Waals surface area contributed by atoms with Crippen LogP contribution in [0, 0.1) is 5.92 Å². The summed E-state index contributed by atoms with van der Waals surface area (Å²) < 4.78 is 10.1. The Bertz CT molecular complexity index is 419. The fourth-order valence-corrected chi connectivity index (χ4v) is 2.34. The fraction of sp³-hybridized carbons (Fsp3) is 0.500. The molecule has 1 fully saturated rings. The van der Waals surface area contributed by atoms with E-state index in [0.29, 0.717) is 11.5 Å². The Balaban J connectivity index is 0.00000180. The van der Waals surface area contributed by atoms with Gasteiger partial charge in [-0.2, -0.15) is 0 Å². The van der Waals surface area contributed by atoms with Crippen molar-refractivity contribution in [2.24, 2.45) is 11.7 Å². The average Bonchev–Trinajstić information content (AvgIpc) is 2.46. The van der Waals surface area contributed by atoms with Crippen LogP contribution in [0.3, 0.4) is 0 Å². The largest absolute Gasteiger partial charge is 0.465 e. The summed E-state index contributed by atoms with van der Waals surface area (Å²) in [7, 11) is 1.38. The van der Waals surface area contributed by atoms with Gasteiger partial charge >= 0.3 is 5.97 Å². The maximum absolute atomic E-state index is 11.5. The number of ether oxygens (including phenoxy) is 2. The molecule has 19 heavy (non-hydrogen) atoms. The van der Waals surface area contributed by atoms with Gasteiger partial charge in [0.15, 0.2) is 0 Å². The molecule has 1 aromatic carbocycles. The Labute approximate surface area is 119 Å². The second-order valence-electron chi connectivity index (χ2n) is 4.59. The molecule has 0 radical (unpaired) electrons. The van der Waals surface area contributed by atoms with Crippen molar-refractivity contribution in [3.05, 3.63) is 35.4 Å². The Kier molecular flexibility index (Phi) is 6.28. The van der Waals surface area contributed by atoms with Crippen molar-refractivity contribution >= 4 is 18.4 Å². The number of nitrogens with two attached hydrogens (primary N) is 1. The maximum Gasteiger partial charge on any atom is 0.337 e. The number of esters is 1. The van der Waals surface area contributed by atoms with Crippen LogP contribution in [-0.4, -0.2) is 26.3 Å². The molecule has 0 unspecified atom stereocenters. The second kappa shape index (κ2) is 7.48. The van der Waals surface area contributed by atoms with Gasteiger partial charge in [-0.25, -0.2) is 4.79 Å². The van der Waals surface area contributed by atoms with Gasteiger partial charge in [0.25, 0.3) is 0 Å². The number of rotatable bonds is 3. The summed E-state index contributed by atoms with van der Waals surface area (Å²) in [6.45, 7) is 1.55. The lowest BCUT2D eigenvalue weighted by Crippen LogP contribution is -2.27. The van der Waals surface area contributed by atoms with E-state index >= 15 is 0 Å². The van der Waals surface area contributed by atoms with E-state index in [2.05, 4.69) is 0 Å². The van der Waals surface area contributed by atoms with Gasteiger partial charge in [0.05, 0.1) is 12.7 Å². The van der Waals surface area contributed by atoms with Gasteiger partial charge in [-0.1, -0.05) is 12.1 Å². The minimum Gasteiger partial charge on any atom is -0.465 e. The number of halogens is 1. The highest BCUT2D eigenvalue weighted by Gasteiger charge is 2.22. The van der Waals surface area contributed by atoms with Gasteiger partial charge in [-0.05, 0) is 36.5 Å². The minimum absolute atomic E-state index is 0. The van der Waals surface area contributed by atoms with E-state index in [4.69, 9.17) is 15.2 Å². The lowest BCUT2D eigenvalue weighted by molar-refractivity contribution is 0.0578. The van der Waals surface area contributed by atoms with Crippen LogP contribution in [0.1, 0.15) is 34.8 Å². The smallest absolute Gasteiger partial charge is 0.337 e. The minimum atomic E-state index is -0.323. The Hall–Kier alpha value is -1.10. The van der Waals surface area contributed by atoms with Crippen LogP contribution in [0.2, 0.25) is 0 Å². The van der Waals surface area contributed by atoms with Crippen LogP contribution in [0.25, 0.3) is 0 Å². The quantitative estimate of drug-likeness (QED) is 0.866. The lowest BCUT2D eigenvalue weighted by atomic mass is 9.87. The van der Waals surface area contributed by atoms with Crippen molar-refractivity contribution in [3.8, 4) is 0 Å². The summed E-state index contributed by atoms with van der Waals surface area (Å²) in [5.41, 5.74) is 7.82. The third kappa shape index (κ3) is 3.93. The lowest BCUT2D eigenvalue weighted by Gasteiger charge is -2.28. The average molecular weight is 286 g/mol. The Morgan fingerprint density at radius 1 is 1.42 bits per heavy atom. The summed E-state index contributed by atoms with van der Waals surface area (Å²) >= 11 is 0. The van der Waals surface area contributed by atoms with Crippen LogP contribution in [-0.2, 0) is 9.47 Å². The number of hydrogen-bond donors (Lipinski definition) is 1. The monoisotopic (exact) mass is 285 g/mol. The molecule has 4 nitrogen and oxygen atoms in total. The third-order valence-electron chi connectivity index (χ3n) is 3.47. The van der Waals surface area contributed by atoms with Crippen molar-refractivity contribution in [1.29, 1.82) is 0 Å². The van der Waals surface area contributed by atoms with E-state index in [0.717, 1.165) is 31.6 Å². The number of benzene rings is 1. The molecule has 106 valence electrons. The van der Waals surface area contributed by atoms with Crippen molar-refractivity contribution < 1.29 is 14.3 Å². The summed E-state index contributed by atoms with van der Waals surface area (Å²) in [6.07, 6.45) is 1.95. The third-order valence-corrected chi connectivity index (χ3v) is 3.47. The van der Waals surface area contributed by atoms with Gasteiger partial charge in [0.1, 0.15) is 0 Å². The summed E-state index contributed by atoms with van der Waals surface area (Å²) in [5, 5.41) is 0. The zero-order valence-corrected chi connectivity index (χ0v) is 11.8. The van der Waals surface area contributed by atoms with Crippen LogP contribution >= 0.6 is 12.4 Å². The highest BCUT2D eigenvalue weighted by atomic mass is 35.5. The Morgan fingerprint density at radius 3 is 2.74 bits per heavy atom. The van der Waals surface area contributed by atoms with Gasteiger partial charge < -0.3 is 15.2 Å². The normalized spacial score (nSPS) is 17.4. The first kappa shape index (κ1) is 16.0. The van der Waals surface area contributed by atoms with E-state index in [1.807, 2.05) is 18.2 Å². The first-order chi connectivity index (χ1) is 8.72. The van der Waals surface area contributed by atoms with E-state index in [1.165, 1.54) is 7.11 Å². The topological polar surface area (TPSA) is 61.5 Å². The Morgan fingerprint density at radius 2 is 2.11 bits per heavy atom. The zero-order valence-electron chi connectivity index (χ0n) is 11.0. The number of methoxy groups -OCH3 is 1. The van der Waals surface area contributed by atoms with Crippen LogP contribution in [0.4, 0.5) is 0 Å². The zero-order chi connectivity index (χ0) is 13.0. The molecule has 1 aromatic rings. The van der Waals surface area contributed by atoms with Crippen molar-refractivity contribution in [2.45, 2.75) is 18.9 Å². The van der Waals surface area contributed by atoms with Gasteiger partial charge in [-0.15, -0.1) is 12.4 Å². The van der Waals surface area contributed by atoms with Crippen molar-refractivity contribution in [1.82, 2.24) is 0 Å². The van der Waals surface area contributed by atoms with Crippen molar-refractivity contribution in [3.63, 3.8) is 0 Å². The van der Waals surface area contributed by atoms with E-state index in [9.17, 15) is 4.79 Å². The van der Waals surface area contributed by atoms with Crippen LogP contribution < -0.4 is 5.73 Å². The molecule has 0 aliphatic carbocycles. The summed E-state index contributed by atoms with van der Waals surface area (Å²) in [4.78, 5) is 11.5. The number of carbonyl (C=O) groups is 1. The highest BCUT2D eigenvalue weighted by Crippen LogP contribution is 2.28. The molecular formula is C14H20ClNO3. The second-order valence-corrected chi connectivity index (χ2v) is 4.59. The van der Waals surface area contributed by atoms with E-state index in [-0.39, 0.29) is 24.4 Å². The van der Waals surface area contributed by atoms with Crippen LogP contribution in [0.5, 0.6) is 0 Å². The molecule has 1 atom stereocenters. The summed E-state index contributed by atoms with van der Waals surface area (Å²) in [5.74, 6) is 0.0997. The predicted octanol–water partition coefficient (Wildman–Crippen LogP) is 2.32. The molecule has 1 saturated heterocycles. The molecule has 0 aromatic heterocycles. The molecule has 0 bridgehead atoms. The molecule has 2 N–H and O–H groups in total. The maximum atomic E-state index is 11.5. The number of hydrogen-bond acceptors (Lipinski definition) is 4. The number of carbonyl (C=O) groups excluding carboxylic acids is 1. The highest BCUT2D eigenvalue weighted by molar-refractivity contribution is 5.89. The molecule has 1 aliphatic heterocycles. The first-order valence-electron chi connectivity index (χ1n) is 6.24. The SMILES string of the molecule is COC(=O)c1cccc([C@H](N)C2CCOCC2)c1.Cl.